The number of nitrogens with one attached hydrogen (secondary N) is 1. The summed E-state index contributed by atoms with van der Waals surface area (Å²) < 4.78 is 5.39. The van der Waals surface area contributed by atoms with E-state index in [9.17, 15) is 0 Å². The Bertz CT molecular complexity index is 251. The van der Waals surface area contributed by atoms with Crippen LogP contribution in [0.5, 0.6) is 5.88 Å². The van der Waals surface area contributed by atoms with Crippen LogP contribution in [0.1, 0.15) is 20.8 Å². The molecule has 0 saturated carbocycles. The van der Waals surface area contributed by atoms with Gasteiger partial charge < -0.3 is 15.2 Å². The van der Waals surface area contributed by atoms with Crippen molar-refractivity contribution in [2.24, 2.45) is 5.41 Å². The molecule has 1 heterocycles. The maximum absolute atomic E-state index is 5.39. The van der Waals surface area contributed by atoms with Gasteiger partial charge in [-0.15, -0.1) is 6.54 Å². The van der Waals surface area contributed by atoms with Crippen LogP contribution in [0, 0.1) is 11.6 Å². The maximum atomic E-state index is 5.39. The van der Waals surface area contributed by atoms with Gasteiger partial charge in [-0.2, -0.15) is 11.6 Å². The average Bonchev–Trinajstić information content (AvgIpc) is 2.64. The summed E-state index contributed by atoms with van der Waals surface area (Å²) >= 11 is 0. The molecule has 0 amide bonds. The third kappa shape index (κ3) is 5.90. The Balaban J connectivity index is 0.00000196. The van der Waals surface area contributed by atoms with E-state index in [-0.39, 0.29) is 26.5 Å². The Kier molecular flexibility index (Phi) is 6.77. The minimum atomic E-state index is 0. The molecular formula is C9H16N4OW. The summed E-state index contributed by atoms with van der Waals surface area (Å²) in [7, 11) is 0. The number of hydrogen-bond acceptors (Lipinski definition) is 3. The van der Waals surface area contributed by atoms with Gasteiger partial charge in [0.1, 0.15) is 0 Å². The summed E-state index contributed by atoms with van der Waals surface area (Å²) in [6, 6.07) is 0. The quantitative estimate of drug-likeness (QED) is 0.760. The summed E-state index contributed by atoms with van der Waals surface area (Å²) in [6.07, 6.45) is 2.60. The Labute approximate surface area is 105 Å². The second-order valence-corrected chi connectivity index (χ2v) is 3.89. The third-order valence-electron chi connectivity index (χ3n) is 1.72. The van der Waals surface area contributed by atoms with Gasteiger partial charge in [0.15, 0.2) is 0 Å². The molecule has 0 bridgehead atoms. The van der Waals surface area contributed by atoms with Crippen molar-refractivity contribution in [1.82, 2.24) is 15.4 Å². The van der Waals surface area contributed by atoms with Crippen molar-refractivity contribution in [3.63, 3.8) is 0 Å². The van der Waals surface area contributed by atoms with Crippen LogP contribution in [0.25, 0.3) is 5.32 Å². The zero-order chi connectivity index (χ0) is 10.4. The van der Waals surface area contributed by atoms with E-state index in [4.69, 9.17) is 4.74 Å². The number of nitrogens with zero attached hydrogens (tertiary/aromatic N) is 3. The molecule has 1 rings (SSSR count). The Morgan fingerprint density at radius 3 is 2.80 bits per heavy atom. The van der Waals surface area contributed by atoms with Crippen LogP contribution in [0.2, 0.25) is 0 Å². The van der Waals surface area contributed by atoms with Crippen LogP contribution in [-0.4, -0.2) is 35.1 Å². The maximum Gasteiger partial charge on any atom is 2.00 e. The Hall–Kier alpha value is -0.412. The average molecular weight is 380 g/mol. The molecule has 0 aliphatic heterocycles. The van der Waals surface area contributed by atoms with Gasteiger partial charge in [0, 0.05) is 0 Å². The summed E-state index contributed by atoms with van der Waals surface area (Å²) in [4.78, 5) is 0. The molecule has 1 N–H and O–H groups in total. The van der Waals surface area contributed by atoms with Crippen molar-refractivity contribution in [2.45, 2.75) is 20.8 Å². The van der Waals surface area contributed by atoms with Gasteiger partial charge in [-0.05, 0) is 5.41 Å². The summed E-state index contributed by atoms with van der Waals surface area (Å²) in [5.74, 6) is 0.412. The van der Waals surface area contributed by atoms with Crippen LogP contribution >= 0.6 is 0 Å². The summed E-state index contributed by atoms with van der Waals surface area (Å²) in [5.41, 5.74) is 0.0306. The predicted molar refractivity (Wildman–Crippen MR) is 53.3 cm³/mol. The molecule has 15 heavy (non-hydrogen) atoms. The van der Waals surface area contributed by atoms with Crippen molar-refractivity contribution < 1.29 is 25.8 Å². The van der Waals surface area contributed by atoms with E-state index in [1.807, 2.05) is 6.92 Å². The summed E-state index contributed by atoms with van der Waals surface area (Å²) in [6.45, 7) is 8.45. The number of aromatic nitrogens is 3. The molecule has 6 heteroatoms. The molecule has 0 aliphatic carbocycles. The third-order valence-corrected chi connectivity index (χ3v) is 1.72. The first kappa shape index (κ1) is 14.6. The van der Waals surface area contributed by atoms with E-state index < -0.39 is 0 Å². The topological polar surface area (TPSA) is 64.9 Å². The zero-order valence-corrected chi connectivity index (χ0v) is 12.2. The minimum absolute atomic E-state index is 0. The van der Waals surface area contributed by atoms with E-state index >= 15 is 0 Å². The first-order valence-corrected chi connectivity index (χ1v) is 4.68. The van der Waals surface area contributed by atoms with Gasteiger partial charge in [-0.25, -0.2) is 5.21 Å². The van der Waals surface area contributed by atoms with Crippen LogP contribution < -0.4 is 4.74 Å². The van der Waals surface area contributed by atoms with E-state index in [2.05, 4.69) is 40.8 Å². The molecule has 0 unspecified atom stereocenters. The van der Waals surface area contributed by atoms with Gasteiger partial charge in [0.2, 0.25) is 0 Å². The molecule has 0 aromatic carbocycles. The molecule has 0 spiro atoms. The van der Waals surface area contributed by atoms with Crippen molar-refractivity contribution in [1.29, 1.82) is 0 Å². The van der Waals surface area contributed by atoms with E-state index in [1.54, 1.807) is 0 Å². The summed E-state index contributed by atoms with van der Waals surface area (Å²) in [5, 5.41) is 14.0. The molecule has 5 nitrogen and oxygen atoms in total. The number of hydrogen-bond donors (Lipinski definition) is 1. The number of aromatic amines is 1. The molecule has 1 aromatic heterocycles. The molecule has 0 fully saturated rings. The predicted octanol–water partition coefficient (Wildman–Crippen LogP) is 1.40. The van der Waals surface area contributed by atoms with Gasteiger partial charge in [0.25, 0.3) is 0 Å². The SMILES string of the molecule is CC[N-]CC(C)(C)COc1[c-]n[nH]n1.[W+2]. The molecule has 0 saturated heterocycles. The molecular weight excluding hydrogens is 364 g/mol. The number of ether oxygens (including phenoxy) is 1. The second-order valence-electron chi connectivity index (χ2n) is 3.89. The monoisotopic (exact) mass is 380 g/mol. The molecule has 84 valence electrons. The van der Waals surface area contributed by atoms with Crippen molar-refractivity contribution in [3.8, 4) is 5.88 Å². The fraction of sp³-hybridized carbons (Fsp3) is 0.778. The van der Waals surface area contributed by atoms with Crippen LogP contribution in [0.4, 0.5) is 0 Å². The van der Waals surface area contributed by atoms with Crippen LogP contribution in [-0.2, 0) is 21.1 Å². The first-order valence-electron chi connectivity index (χ1n) is 4.68. The first-order chi connectivity index (χ1) is 6.64. The Morgan fingerprint density at radius 2 is 2.27 bits per heavy atom. The number of rotatable bonds is 6. The molecule has 0 aliphatic rings. The van der Waals surface area contributed by atoms with E-state index in [0.717, 1.165) is 13.1 Å². The van der Waals surface area contributed by atoms with Crippen molar-refractivity contribution >= 4 is 0 Å². The van der Waals surface area contributed by atoms with Gasteiger partial charge >= 0.3 is 21.1 Å². The normalized spacial score (nSPS) is 10.9. The van der Waals surface area contributed by atoms with Crippen molar-refractivity contribution in [2.75, 3.05) is 19.7 Å². The minimum Gasteiger partial charge on any atom is -0.662 e. The van der Waals surface area contributed by atoms with Crippen LogP contribution in [0.3, 0.4) is 0 Å². The number of H-pyrrole nitrogens is 1. The zero-order valence-electron chi connectivity index (χ0n) is 9.28. The van der Waals surface area contributed by atoms with Gasteiger partial charge in [0.05, 0.1) is 12.5 Å². The Morgan fingerprint density at radius 1 is 1.53 bits per heavy atom. The van der Waals surface area contributed by atoms with Crippen molar-refractivity contribution in [3.05, 3.63) is 11.5 Å². The van der Waals surface area contributed by atoms with Crippen LogP contribution in [0.15, 0.2) is 0 Å². The standard InChI is InChI=1S/C9H16N4O.W/c1-4-10-6-9(2,3)7-14-8-5-11-13-12-8;/h4,6-7H2,1-3H3,(H,11,12,13);/q-2;+2. The van der Waals surface area contributed by atoms with E-state index in [0.29, 0.717) is 12.5 Å². The van der Waals surface area contributed by atoms with E-state index in [1.165, 1.54) is 0 Å². The second kappa shape index (κ2) is 6.96. The van der Waals surface area contributed by atoms with Gasteiger partial charge in [-0.3, -0.25) is 6.20 Å². The fourth-order valence-electron chi connectivity index (χ4n) is 0.957. The smallest absolute Gasteiger partial charge is 0.662 e. The molecule has 1 aromatic rings. The molecule has 0 radical (unpaired) electrons. The largest absolute Gasteiger partial charge is 2.00 e. The molecule has 0 atom stereocenters. The van der Waals surface area contributed by atoms with Gasteiger partial charge in [-0.1, -0.05) is 20.8 Å². The fourth-order valence-corrected chi connectivity index (χ4v) is 0.957.